The zero-order chi connectivity index (χ0) is 18.4. The number of carboxylic acids is 1. The van der Waals surface area contributed by atoms with Crippen LogP contribution in [0.3, 0.4) is 0 Å². The van der Waals surface area contributed by atoms with Gasteiger partial charge in [0.25, 0.3) is 0 Å². The lowest BCUT2D eigenvalue weighted by molar-refractivity contribution is -0.139. The number of benzene rings is 2. The standard InChI is InChI=1S/C18H14F2O5/c1-24-17-9-12(3-7-16(17)25-10-18(22)23)15(21)6-2-11-8-13(19)4-5-14(11)20/h2-9H,10H2,1H3,(H,22,23)/b6-2+. The van der Waals surface area contributed by atoms with Gasteiger partial charge in [-0.2, -0.15) is 0 Å². The van der Waals surface area contributed by atoms with E-state index in [-0.39, 0.29) is 22.6 Å². The Bertz CT molecular complexity index is 830. The number of hydrogen-bond acceptors (Lipinski definition) is 4. The monoisotopic (exact) mass is 348 g/mol. The van der Waals surface area contributed by atoms with Gasteiger partial charge in [0.15, 0.2) is 23.9 Å². The van der Waals surface area contributed by atoms with Crippen LogP contribution in [0, 0.1) is 11.6 Å². The van der Waals surface area contributed by atoms with Gasteiger partial charge in [-0.3, -0.25) is 4.79 Å². The van der Waals surface area contributed by atoms with Crippen LogP contribution in [0.5, 0.6) is 11.5 Å². The number of methoxy groups -OCH3 is 1. The zero-order valence-electron chi connectivity index (χ0n) is 13.2. The fraction of sp³-hybridized carbons (Fsp3) is 0.111. The van der Waals surface area contributed by atoms with Crippen molar-refractivity contribution >= 4 is 17.8 Å². The maximum absolute atomic E-state index is 13.5. The second kappa shape index (κ2) is 8.05. The molecule has 0 saturated heterocycles. The summed E-state index contributed by atoms with van der Waals surface area (Å²) >= 11 is 0. The summed E-state index contributed by atoms with van der Waals surface area (Å²) in [6.07, 6.45) is 2.27. The minimum atomic E-state index is -1.15. The first-order valence-corrected chi connectivity index (χ1v) is 7.11. The third-order valence-electron chi connectivity index (χ3n) is 3.17. The second-order valence-corrected chi connectivity index (χ2v) is 4.91. The SMILES string of the molecule is COc1cc(C(=O)/C=C/c2cc(F)ccc2F)ccc1OCC(=O)O. The molecule has 0 spiro atoms. The van der Waals surface area contributed by atoms with Gasteiger partial charge in [-0.25, -0.2) is 13.6 Å². The van der Waals surface area contributed by atoms with Crippen molar-refractivity contribution in [1.82, 2.24) is 0 Å². The van der Waals surface area contributed by atoms with Crippen LogP contribution in [-0.4, -0.2) is 30.6 Å². The summed E-state index contributed by atoms with van der Waals surface area (Å²) in [6.45, 7) is -0.553. The Hall–Kier alpha value is -3.22. The zero-order valence-corrected chi connectivity index (χ0v) is 13.2. The molecule has 1 N–H and O–H groups in total. The summed E-state index contributed by atoms with van der Waals surface area (Å²) in [4.78, 5) is 22.7. The predicted molar refractivity (Wildman–Crippen MR) is 85.8 cm³/mol. The number of allylic oxidation sites excluding steroid dienone is 1. The summed E-state index contributed by atoms with van der Waals surface area (Å²) in [6, 6.07) is 7.10. The van der Waals surface area contributed by atoms with Crippen molar-refractivity contribution in [2.45, 2.75) is 0 Å². The van der Waals surface area contributed by atoms with E-state index in [1.807, 2.05) is 0 Å². The molecule has 2 rings (SSSR count). The van der Waals surface area contributed by atoms with Crippen LogP contribution in [0.2, 0.25) is 0 Å². The Morgan fingerprint density at radius 2 is 1.88 bits per heavy atom. The Kier molecular flexibility index (Phi) is 5.84. The molecule has 0 aliphatic rings. The first-order valence-electron chi connectivity index (χ1n) is 7.11. The molecule has 0 aliphatic heterocycles. The van der Waals surface area contributed by atoms with Gasteiger partial charge in [0.2, 0.25) is 0 Å². The largest absolute Gasteiger partial charge is 0.493 e. The fourth-order valence-electron chi connectivity index (χ4n) is 1.98. The van der Waals surface area contributed by atoms with Crippen molar-refractivity contribution < 1.29 is 33.0 Å². The van der Waals surface area contributed by atoms with Crippen LogP contribution in [0.4, 0.5) is 8.78 Å². The molecule has 25 heavy (non-hydrogen) atoms. The molecule has 0 amide bonds. The van der Waals surface area contributed by atoms with Crippen LogP contribution in [0.25, 0.3) is 6.08 Å². The lowest BCUT2D eigenvalue weighted by Gasteiger charge is -2.10. The molecule has 0 aromatic heterocycles. The Labute approximate surface area is 142 Å². The normalized spacial score (nSPS) is 10.7. The van der Waals surface area contributed by atoms with Crippen molar-refractivity contribution in [1.29, 1.82) is 0 Å². The minimum absolute atomic E-state index is 0.0540. The van der Waals surface area contributed by atoms with E-state index in [1.165, 1.54) is 31.4 Å². The van der Waals surface area contributed by atoms with Gasteiger partial charge in [-0.15, -0.1) is 0 Å². The average Bonchev–Trinajstić information content (AvgIpc) is 2.60. The molecular weight excluding hydrogens is 334 g/mol. The number of carbonyl (C=O) groups is 2. The molecular formula is C18H14F2O5. The number of halogens is 2. The number of rotatable bonds is 7. The summed E-state index contributed by atoms with van der Waals surface area (Å²) in [5.74, 6) is -2.54. The topological polar surface area (TPSA) is 72.8 Å². The van der Waals surface area contributed by atoms with Crippen molar-refractivity contribution in [3.63, 3.8) is 0 Å². The highest BCUT2D eigenvalue weighted by atomic mass is 19.1. The number of carbonyl (C=O) groups excluding carboxylic acids is 1. The van der Waals surface area contributed by atoms with Gasteiger partial charge < -0.3 is 14.6 Å². The molecule has 7 heteroatoms. The molecule has 0 heterocycles. The number of carboxylic acid groups (broad SMARTS) is 1. The number of ether oxygens (including phenoxy) is 2. The fourth-order valence-corrected chi connectivity index (χ4v) is 1.98. The third kappa shape index (κ3) is 4.87. The highest BCUT2D eigenvalue weighted by Crippen LogP contribution is 2.28. The first-order chi connectivity index (χ1) is 11.9. The van der Waals surface area contributed by atoms with Gasteiger partial charge in [-0.05, 0) is 48.6 Å². The molecule has 0 aliphatic carbocycles. The Morgan fingerprint density at radius 1 is 1.12 bits per heavy atom. The molecule has 0 fully saturated rings. The lowest BCUT2D eigenvalue weighted by atomic mass is 10.1. The van der Waals surface area contributed by atoms with Gasteiger partial charge in [0.1, 0.15) is 11.6 Å². The molecule has 0 radical (unpaired) electrons. The van der Waals surface area contributed by atoms with Crippen LogP contribution >= 0.6 is 0 Å². The summed E-state index contributed by atoms with van der Waals surface area (Å²) in [5, 5.41) is 8.61. The number of aliphatic carboxylic acids is 1. The average molecular weight is 348 g/mol. The van der Waals surface area contributed by atoms with E-state index in [9.17, 15) is 18.4 Å². The summed E-state index contributed by atoms with van der Waals surface area (Å²) in [7, 11) is 1.34. The number of ketones is 1. The third-order valence-corrected chi connectivity index (χ3v) is 3.17. The molecule has 5 nitrogen and oxygen atoms in total. The van der Waals surface area contributed by atoms with Crippen molar-refractivity contribution in [2.24, 2.45) is 0 Å². The summed E-state index contributed by atoms with van der Waals surface area (Å²) < 4.78 is 36.7. The number of hydrogen-bond donors (Lipinski definition) is 1. The van der Waals surface area contributed by atoms with Gasteiger partial charge >= 0.3 is 5.97 Å². The Morgan fingerprint density at radius 3 is 2.56 bits per heavy atom. The lowest BCUT2D eigenvalue weighted by Crippen LogP contribution is -2.10. The van der Waals surface area contributed by atoms with Crippen molar-refractivity contribution in [2.75, 3.05) is 13.7 Å². The van der Waals surface area contributed by atoms with E-state index in [0.717, 1.165) is 24.3 Å². The minimum Gasteiger partial charge on any atom is -0.493 e. The Balaban J connectivity index is 2.20. The van der Waals surface area contributed by atoms with Crippen LogP contribution < -0.4 is 9.47 Å². The van der Waals surface area contributed by atoms with E-state index in [1.54, 1.807) is 0 Å². The van der Waals surface area contributed by atoms with Crippen molar-refractivity contribution in [3.8, 4) is 11.5 Å². The van der Waals surface area contributed by atoms with E-state index in [0.29, 0.717) is 0 Å². The van der Waals surface area contributed by atoms with E-state index < -0.39 is 30.0 Å². The van der Waals surface area contributed by atoms with Crippen LogP contribution in [0.1, 0.15) is 15.9 Å². The highest BCUT2D eigenvalue weighted by Gasteiger charge is 2.11. The van der Waals surface area contributed by atoms with Gasteiger partial charge in [0, 0.05) is 11.1 Å². The summed E-state index contributed by atoms with van der Waals surface area (Å²) in [5.41, 5.74) is 0.161. The molecule has 0 unspecified atom stereocenters. The molecule has 2 aromatic rings. The van der Waals surface area contributed by atoms with Gasteiger partial charge in [0.05, 0.1) is 7.11 Å². The maximum Gasteiger partial charge on any atom is 0.341 e. The van der Waals surface area contributed by atoms with E-state index in [4.69, 9.17) is 14.6 Å². The molecule has 2 aromatic carbocycles. The first kappa shape index (κ1) is 18.1. The molecule has 130 valence electrons. The van der Waals surface area contributed by atoms with Crippen LogP contribution in [-0.2, 0) is 4.79 Å². The maximum atomic E-state index is 13.5. The quantitative estimate of drug-likeness (QED) is 0.614. The van der Waals surface area contributed by atoms with Crippen LogP contribution in [0.15, 0.2) is 42.5 Å². The highest BCUT2D eigenvalue weighted by molar-refractivity contribution is 6.07. The van der Waals surface area contributed by atoms with E-state index in [2.05, 4.69) is 0 Å². The predicted octanol–water partition coefficient (Wildman–Crippen LogP) is 3.33. The second-order valence-electron chi connectivity index (χ2n) is 4.91. The smallest absolute Gasteiger partial charge is 0.341 e. The van der Waals surface area contributed by atoms with E-state index >= 15 is 0 Å². The van der Waals surface area contributed by atoms with Gasteiger partial charge in [-0.1, -0.05) is 0 Å². The molecule has 0 saturated carbocycles. The van der Waals surface area contributed by atoms with Crippen molar-refractivity contribution in [3.05, 3.63) is 65.2 Å². The molecule has 0 bridgehead atoms. The molecule has 0 atom stereocenters.